The Morgan fingerprint density at radius 3 is 2.50 bits per heavy atom. The van der Waals surface area contributed by atoms with E-state index in [9.17, 15) is 4.79 Å². The Labute approximate surface area is 123 Å². The Hall–Kier alpha value is -0.610. The summed E-state index contributed by atoms with van der Waals surface area (Å²) in [5.74, 6) is 1.53. The number of carbonyl (C=O) groups is 1. The van der Waals surface area contributed by atoms with Crippen LogP contribution in [0.15, 0.2) is 0 Å². The Balaban J connectivity index is 1.73. The van der Waals surface area contributed by atoms with E-state index < -0.39 is 0 Å². The van der Waals surface area contributed by atoms with Crippen molar-refractivity contribution in [2.45, 2.75) is 58.5 Å². The topological polar surface area (TPSA) is 44.4 Å². The number of amides is 1. The number of hydrogen-bond acceptors (Lipinski definition) is 3. The molecule has 2 saturated heterocycles. The van der Waals surface area contributed by atoms with Gasteiger partial charge in [-0.3, -0.25) is 9.69 Å². The van der Waals surface area contributed by atoms with E-state index in [1.54, 1.807) is 0 Å². The molecule has 2 N–H and O–H groups in total. The van der Waals surface area contributed by atoms with Crippen LogP contribution in [0.5, 0.6) is 0 Å². The van der Waals surface area contributed by atoms with Gasteiger partial charge >= 0.3 is 0 Å². The van der Waals surface area contributed by atoms with Gasteiger partial charge in [0, 0.05) is 12.6 Å². The molecule has 0 aromatic carbocycles. The summed E-state index contributed by atoms with van der Waals surface area (Å²) < 4.78 is 0. The SMILES string of the molecule is CC(C)CNC(=O)C(C)N1CCC(C2CCCN2)CC1. The van der Waals surface area contributed by atoms with Gasteiger partial charge in [0.05, 0.1) is 6.04 Å². The number of nitrogens with zero attached hydrogens (tertiary/aromatic N) is 1. The largest absolute Gasteiger partial charge is 0.354 e. The zero-order valence-electron chi connectivity index (χ0n) is 13.3. The first kappa shape index (κ1) is 15.8. The summed E-state index contributed by atoms with van der Waals surface area (Å²) in [7, 11) is 0. The molecular weight excluding hydrogens is 250 g/mol. The van der Waals surface area contributed by atoms with Crippen molar-refractivity contribution in [3.8, 4) is 0 Å². The van der Waals surface area contributed by atoms with Crippen LogP contribution in [0.3, 0.4) is 0 Å². The first-order valence-corrected chi connectivity index (χ1v) is 8.33. The zero-order valence-corrected chi connectivity index (χ0v) is 13.3. The maximum absolute atomic E-state index is 12.1. The molecular formula is C16H31N3O. The second kappa shape index (κ2) is 7.41. The maximum Gasteiger partial charge on any atom is 0.237 e. The van der Waals surface area contributed by atoms with Gasteiger partial charge in [0.15, 0.2) is 0 Å². The fraction of sp³-hybridized carbons (Fsp3) is 0.938. The first-order valence-electron chi connectivity index (χ1n) is 8.33. The van der Waals surface area contributed by atoms with Crippen LogP contribution in [0.1, 0.15) is 46.5 Å². The fourth-order valence-electron chi connectivity index (χ4n) is 3.44. The van der Waals surface area contributed by atoms with Gasteiger partial charge in [0.1, 0.15) is 0 Å². The van der Waals surface area contributed by atoms with E-state index in [1.807, 2.05) is 6.92 Å². The molecule has 0 saturated carbocycles. The van der Waals surface area contributed by atoms with E-state index in [-0.39, 0.29) is 11.9 Å². The van der Waals surface area contributed by atoms with Crippen LogP contribution in [-0.2, 0) is 4.79 Å². The third kappa shape index (κ3) is 4.19. The number of nitrogens with one attached hydrogen (secondary N) is 2. The summed E-state index contributed by atoms with van der Waals surface area (Å²) >= 11 is 0. The lowest BCUT2D eigenvalue weighted by atomic mass is 9.88. The first-order chi connectivity index (χ1) is 9.58. The van der Waals surface area contributed by atoms with E-state index in [2.05, 4.69) is 29.4 Å². The van der Waals surface area contributed by atoms with Crippen LogP contribution in [0.2, 0.25) is 0 Å². The normalized spacial score (nSPS) is 26.9. The van der Waals surface area contributed by atoms with Crippen molar-refractivity contribution in [3.05, 3.63) is 0 Å². The second-order valence-corrected chi connectivity index (χ2v) is 6.89. The number of hydrogen-bond donors (Lipinski definition) is 2. The molecule has 0 aliphatic carbocycles. The number of likely N-dealkylation sites (tertiary alicyclic amines) is 1. The molecule has 4 heteroatoms. The summed E-state index contributed by atoms with van der Waals surface area (Å²) in [6.07, 6.45) is 5.15. The second-order valence-electron chi connectivity index (χ2n) is 6.89. The van der Waals surface area contributed by atoms with Crippen molar-refractivity contribution < 1.29 is 4.79 Å². The lowest BCUT2D eigenvalue weighted by molar-refractivity contribution is -0.126. The molecule has 2 aliphatic rings. The average Bonchev–Trinajstić information content (AvgIpc) is 2.98. The Morgan fingerprint density at radius 1 is 1.25 bits per heavy atom. The molecule has 2 rings (SSSR count). The van der Waals surface area contributed by atoms with Crippen LogP contribution in [-0.4, -0.2) is 49.1 Å². The highest BCUT2D eigenvalue weighted by atomic mass is 16.2. The van der Waals surface area contributed by atoms with Gasteiger partial charge in [0.2, 0.25) is 5.91 Å². The average molecular weight is 281 g/mol. The molecule has 2 fully saturated rings. The fourth-order valence-corrected chi connectivity index (χ4v) is 3.44. The highest BCUT2D eigenvalue weighted by molar-refractivity contribution is 5.81. The van der Waals surface area contributed by atoms with Crippen molar-refractivity contribution >= 4 is 5.91 Å². The van der Waals surface area contributed by atoms with Crippen LogP contribution >= 0.6 is 0 Å². The van der Waals surface area contributed by atoms with E-state index >= 15 is 0 Å². The van der Waals surface area contributed by atoms with Crippen LogP contribution < -0.4 is 10.6 Å². The minimum atomic E-state index is 0.0197. The summed E-state index contributed by atoms with van der Waals surface area (Å²) in [6, 6.07) is 0.758. The molecule has 2 heterocycles. The van der Waals surface area contributed by atoms with Crippen molar-refractivity contribution in [2.75, 3.05) is 26.2 Å². The molecule has 0 bridgehead atoms. The highest BCUT2D eigenvalue weighted by Gasteiger charge is 2.31. The molecule has 0 aromatic rings. The lowest BCUT2D eigenvalue weighted by Crippen LogP contribution is -2.50. The van der Waals surface area contributed by atoms with E-state index in [0.29, 0.717) is 5.92 Å². The number of rotatable bonds is 5. The van der Waals surface area contributed by atoms with Crippen molar-refractivity contribution in [3.63, 3.8) is 0 Å². The minimum Gasteiger partial charge on any atom is -0.354 e. The van der Waals surface area contributed by atoms with Crippen molar-refractivity contribution in [1.29, 1.82) is 0 Å². The molecule has 20 heavy (non-hydrogen) atoms. The van der Waals surface area contributed by atoms with Gasteiger partial charge in [0.25, 0.3) is 0 Å². The molecule has 2 unspecified atom stereocenters. The highest BCUT2D eigenvalue weighted by Crippen LogP contribution is 2.26. The van der Waals surface area contributed by atoms with Gasteiger partial charge in [-0.1, -0.05) is 13.8 Å². The lowest BCUT2D eigenvalue weighted by Gasteiger charge is -2.37. The molecule has 4 nitrogen and oxygen atoms in total. The predicted molar refractivity (Wildman–Crippen MR) is 82.6 cm³/mol. The smallest absolute Gasteiger partial charge is 0.237 e. The molecule has 0 spiro atoms. The summed E-state index contributed by atoms with van der Waals surface area (Å²) in [5, 5.41) is 6.68. The summed E-state index contributed by atoms with van der Waals surface area (Å²) in [5.41, 5.74) is 0. The standard InChI is InChI=1S/C16H31N3O/c1-12(2)11-18-16(20)13(3)19-9-6-14(7-10-19)15-5-4-8-17-15/h12-15,17H,4-11H2,1-3H3,(H,18,20). The molecule has 1 amide bonds. The molecule has 2 atom stereocenters. The quantitative estimate of drug-likeness (QED) is 0.805. The van der Waals surface area contributed by atoms with Gasteiger partial charge < -0.3 is 10.6 Å². The third-order valence-corrected chi connectivity index (χ3v) is 4.85. The van der Waals surface area contributed by atoms with Crippen LogP contribution in [0.4, 0.5) is 0 Å². The third-order valence-electron chi connectivity index (χ3n) is 4.85. The van der Waals surface area contributed by atoms with Crippen molar-refractivity contribution in [1.82, 2.24) is 15.5 Å². The Bertz CT molecular complexity index is 305. The van der Waals surface area contributed by atoms with Gasteiger partial charge in [-0.05, 0) is 64.1 Å². The van der Waals surface area contributed by atoms with Crippen LogP contribution in [0.25, 0.3) is 0 Å². The summed E-state index contributed by atoms with van der Waals surface area (Å²) in [4.78, 5) is 14.5. The van der Waals surface area contributed by atoms with E-state index in [0.717, 1.165) is 31.6 Å². The Morgan fingerprint density at radius 2 is 1.95 bits per heavy atom. The van der Waals surface area contributed by atoms with E-state index in [4.69, 9.17) is 0 Å². The maximum atomic E-state index is 12.1. The molecule has 116 valence electrons. The monoisotopic (exact) mass is 281 g/mol. The van der Waals surface area contributed by atoms with E-state index in [1.165, 1.54) is 32.2 Å². The summed E-state index contributed by atoms with van der Waals surface area (Å²) in [6.45, 7) is 10.4. The Kier molecular flexibility index (Phi) is 5.85. The van der Waals surface area contributed by atoms with Gasteiger partial charge in [-0.25, -0.2) is 0 Å². The van der Waals surface area contributed by atoms with Gasteiger partial charge in [-0.15, -0.1) is 0 Å². The van der Waals surface area contributed by atoms with Crippen LogP contribution in [0, 0.1) is 11.8 Å². The molecule has 0 radical (unpaired) electrons. The number of carbonyl (C=O) groups excluding carboxylic acids is 1. The molecule has 2 aliphatic heterocycles. The van der Waals surface area contributed by atoms with Gasteiger partial charge in [-0.2, -0.15) is 0 Å². The zero-order chi connectivity index (χ0) is 14.5. The van der Waals surface area contributed by atoms with Crippen molar-refractivity contribution in [2.24, 2.45) is 11.8 Å². The predicted octanol–water partition coefficient (Wildman–Crippen LogP) is 1.61. The number of piperidine rings is 1. The minimum absolute atomic E-state index is 0.0197. The molecule has 0 aromatic heterocycles.